The van der Waals surface area contributed by atoms with Gasteiger partial charge in [0.1, 0.15) is 0 Å². The Morgan fingerprint density at radius 1 is 1.38 bits per heavy atom. The molecule has 110 valence electrons. The van der Waals surface area contributed by atoms with Crippen molar-refractivity contribution in [2.24, 2.45) is 0 Å². The Bertz CT molecular complexity index is 618. The molecule has 2 N–H and O–H groups in total. The second-order valence-corrected chi connectivity index (χ2v) is 6.16. The highest BCUT2D eigenvalue weighted by Crippen LogP contribution is 2.25. The fourth-order valence-electron chi connectivity index (χ4n) is 1.43. The molecule has 2 aromatic rings. The minimum Gasteiger partial charge on any atom is -0.481 e. The zero-order chi connectivity index (χ0) is 15.1. The molecule has 7 nitrogen and oxygen atoms in total. The third-order valence-corrected chi connectivity index (χ3v) is 4.29. The molecule has 0 aliphatic carbocycles. The van der Waals surface area contributed by atoms with Crippen LogP contribution in [0.4, 0.5) is 5.13 Å². The van der Waals surface area contributed by atoms with Crippen LogP contribution in [0.1, 0.15) is 12.0 Å². The highest BCUT2D eigenvalue weighted by Gasteiger charge is 2.10. The molecule has 0 fully saturated rings. The van der Waals surface area contributed by atoms with Crippen molar-refractivity contribution in [3.05, 3.63) is 30.1 Å². The normalized spacial score (nSPS) is 10.3. The lowest BCUT2D eigenvalue weighted by Crippen LogP contribution is -2.12. The first kappa shape index (κ1) is 15.4. The lowest BCUT2D eigenvalue weighted by atomic mass is 10.1. The Morgan fingerprint density at radius 3 is 2.95 bits per heavy atom. The number of carbonyl (C=O) groups excluding carboxylic acids is 1. The molecular formula is C12H12N4O3S2. The predicted octanol–water partition coefficient (Wildman–Crippen LogP) is 1.68. The minimum atomic E-state index is -0.919. The largest absolute Gasteiger partial charge is 0.481 e. The quantitative estimate of drug-likeness (QED) is 0.589. The van der Waals surface area contributed by atoms with Crippen LogP contribution >= 0.6 is 23.1 Å². The number of rotatable bonds is 7. The number of carboxylic acid groups (broad SMARTS) is 1. The highest BCUT2D eigenvalue weighted by molar-refractivity contribution is 8.01. The Balaban J connectivity index is 1.78. The summed E-state index contributed by atoms with van der Waals surface area (Å²) < 4.78 is 0.514. The number of aryl methyl sites for hydroxylation is 1. The van der Waals surface area contributed by atoms with Crippen LogP contribution in [0.2, 0.25) is 0 Å². The average Bonchev–Trinajstić information content (AvgIpc) is 2.91. The van der Waals surface area contributed by atoms with Crippen molar-refractivity contribution in [1.82, 2.24) is 15.2 Å². The van der Waals surface area contributed by atoms with Gasteiger partial charge in [-0.05, 0) is 18.1 Å². The number of nitrogens with zero attached hydrogens (tertiary/aromatic N) is 3. The van der Waals surface area contributed by atoms with E-state index in [2.05, 4.69) is 20.5 Å². The van der Waals surface area contributed by atoms with E-state index in [0.717, 1.165) is 28.7 Å². The summed E-state index contributed by atoms with van der Waals surface area (Å²) in [5, 5.41) is 19.2. The van der Waals surface area contributed by atoms with Crippen LogP contribution in [0.25, 0.3) is 0 Å². The summed E-state index contributed by atoms with van der Waals surface area (Å²) in [5.41, 5.74) is 0.989. The van der Waals surface area contributed by atoms with Gasteiger partial charge in [-0.1, -0.05) is 29.2 Å². The monoisotopic (exact) mass is 324 g/mol. The van der Waals surface area contributed by atoms with E-state index in [1.807, 2.05) is 12.1 Å². The van der Waals surface area contributed by atoms with Crippen LogP contribution in [-0.4, -0.2) is 37.9 Å². The van der Waals surface area contributed by atoms with Gasteiger partial charge in [0, 0.05) is 18.8 Å². The Kier molecular flexibility index (Phi) is 5.64. The Labute approximate surface area is 128 Å². The van der Waals surface area contributed by atoms with E-state index in [0.29, 0.717) is 22.3 Å². The number of anilines is 1. The van der Waals surface area contributed by atoms with E-state index in [1.165, 1.54) is 0 Å². The highest BCUT2D eigenvalue weighted by atomic mass is 32.2. The SMILES string of the molecule is O=C(O)CSc1nnc(NC(=O)CCc2cccnc2)s1. The van der Waals surface area contributed by atoms with Crippen LogP contribution in [0.3, 0.4) is 0 Å². The first-order chi connectivity index (χ1) is 10.1. The molecule has 0 aromatic carbocycles. The van der Waals surface area contributed by atoms with Gasteiger partial charge in [0.2, 0.25) is 11.0 Å². The van der Waals surface area contributed by atoms with Gasteiger partial charge in [-0.3, -0.25) is 14.6 Å². The van der Waals surface area contributed by atoms with E-state index in [-0.39, 0.29) is 11.7 Å². The minimum absolute atomic E-state index is 0.0798. The molecule has 0 aliphatic rings. The molecule has 2 rings (SSSR count). The molecule has 2 heterocycles. The number of carboxylic acids is 1. The molecule has 0 aliphatic heterocycles. The number of nitrogens with one attached hydrogen (secondary N) is 1. The van der Waals surface area contributed by atoms with Gasteiger partial charge in [0.15, 0.2) is 4.34 Å². The molecule has 0 spiro atoms. The van der Waals surface area contributed by atoms with Gasteiger partial charge in [-0.15, -0.1) is 10.2 Å². The maximum absolute atomic E-state index is 11.8. The zero-order valence-electron chi connectivity index (χ0n) is 10.9. The molecule has 9 heteroatoms. The summed E-state index contributed by atoms with van der Waals surface area (Å²) in [6, 6.07) is 3.73. The summed E-state index contributed by atoms with van der Waals surface area (Å²) in [6.45, 7) is 0. The lowest BCUT2D eigenvalue weighted by molar-refractivity contribution is -0.133. The van der Waals surface area contributed by atoms with Gasteiger partial charge in [-0.25, -0.2) is 0 Å². The first-order valence-electron chi connectivity index (χ1n) is 6.00. The van der Waals surface area contributed by atoms with Crippen molar-refractivity contribution in [1.29, 1.82) is 0 Å². The molecule has 0 unspecified atom stereocenters. The lowest BCUT2D eigenvalue weighted by Gasteiger charge is -2.01. The summed E-state index contributed by atoms with van der Waals surface area (Å²) in [6.07, 6.45) is 4.32. The molecular weight excluding hydrogens is 312 g/mol. The second kappa shape index (κ2) is 7.70. The van der Waals surface area contributed by atoms with Gasteiger partial charge < -0.3 is 10.4 Å². The van der Waals surface area contributed by atoms with Crippen molar-refractivity contribution < 1.29 is 14.7 Å². The number of aliphatic carboxylic acids is 1. The van der Waals surface area contributed by atoms with Crippen molar-refractivity contribution in [3.63, 3.8) is 0 Å². The van der Waals surface area contributed by atoms with E-state index in [4.69, 9.17) is 5.11 Å². The summed E-state index contributed by atoms with van der Waals surface area (Å²) in [4.78, 5) is 26.2. The molecule has 1 amide bonds. The Morgan fingerprint density at radius 2 is 2.24 bits per heavy atom. The summed E-state index contributed by atoms with van der Waals surface area (Å²) >= 11 is 2.23. The molecule has 21 heavy (non-hydrogen) atoms. The van der Waals surface area contributed by atoms with E-state index in [1.54, 1.807) is 12.4 Å². The fourth-order valence-corrected chi connectivity index (χ4v) is 2.92. The fraction of sp³-hybridized carbons (Fsp3) is 0.250. The van der Waals surface area contributed by atoms with E-state index < -0.39 is 5.97 Å². The summed E-state index contributed by atoms with van der Waals surface area (Å²) in [5.74, 6) is -1.16. The molecule has 0 bridgehead atoms. The number of hydrogen-bond acceptors (Lipinski definition) is 7. The van der Waals surface area contributed by atoms with Crippen LogP contribution in [0, 0.1) is 0 Å². The van der Waals surface area contributed by atoms with Crippen LogP contribution < -0.4 is 5.32 Å². The number of amides is 1. The molecule has 0 atom stereocenters. The number of pyridine rings is 1. The maximum atomic E-state index is 11.8. The third kappa shape index (κ3) is 5.48. The van der Waals surface area contributed by atoms with Gasteiger partial charge in [-0.2, -0.15) is 0 Å². The van der Waals surface area contributed by atoms with Crippen molar-refractivity contribution >= 4 is 40.1 Å². The molecule has 0 radical (unpaired) electrons. The van der Waals surface area contributed by atoms with Gasteiger partial charge >= 0.3 is 5.97 Å². The molecule has 0 saturated carbocycles. The molecule has 2 aromatic heterocycles. The number of carbonyl (C=O) groups is 2. The van der Waals surface area contributed by atoms with Gasteiger partial charge in [0.25, 0.3) is 0 Å². The van der Waals surface area contributed by atoms with Crippen LogP contribution in [0.5, 0.6) is 0 Å². The summed E-state index contributed by atoms with van der Waals surface area (Å²) in [7, 11) is 0. The zero-order valence-corrected chi connectivity index (χ0v) is 12.5. The number of hydrogen-bond donors (Lipinski definition) is 2. The molecule has 0 saturated heterocycles. The standard InChI is InChI=1S/C12H12N4O3S2/c17-9(4-3-8-2-1-5-13-6-8)14-11-15-16-12(21-11)20-7-10(18)19/h1-2,5-6H,3-4,7H2,(H,18,19)(H,14,15,17). The topological polar surface area (TPSA) is 105 Å². The van der Waals surface area contributed by atoms with E-state index in [9.17, 15) is 9.59 Å². The van der Waals surface area contributed by atoms with E-state index >= 15 is 0 Å². The third-order valence-electron chi connectivity index (χ3n) is 2.34. The average molecular weight is 324 g/mol. The Hall–Kier alpha value is -2.00. The number of aromatic nitrogens is 3. The van der Waals surface area contributed by atoms with Gasteiger partial charge in [0.05, 0.1) is 5.75 Å². The van der Waals surface area contributed by atoms with Crippen molar-refractivity contribution in [3.8, 4) is 0 Å². The maximum Gasteiger partial charge on any atom is 0.313 e. The second-order valence-electron chi connectivity index (χ2n) is 3.96. The van der Waals surface area contributed by atoms with Crippen LogP contribution in [-0.2, 0) is 16.0 Å². The number of thioether (sulfide) groups is 1. The smallest absolute Gasteiger partial charge is 0.313 e. The van der Waals surface area contributed by atoms with Crippen molar-refractivity contribution in [2.75, 3.05) is 11.1 Å². The van der Waals surface area contributed by atoms with Crippen LogP contribution in [0.15, 0.2) is 28.9 Å². The first-order valence-corrected chi connectivity index (χ1v) is 7.80. The van der Waals surface area contributed by atoms with Crippen molar-refractivity contribution in [2.45, 2.75) is 17.2 Å². The predicted molar refractivity (Wildman–Crippen MR) is 79.5 cm³/mol.